The van der Waals surface area contributed by atoms with Gasteiger partial charge in [0.1, 0.15) is 5.58 Å². The number of hydrogen-bond donors (Lipinski definition) is 0. The number of benzene rings is 2. The summed E-state index contributed by atoms with van der Waals surface area (Å²) in [5.74, 6) is 1.46. The van der Waals surface area contributed by atoms with Crippen molar-refractivity contribution in [3.8, 4) is 0 Å². The lowest BCUT2D eigenvalue weighted by Crippen LogP contribution is -2.44. The van der Waals surface area contributed by atoms with E-state index in [1.165, 1.54) is 0 Å². The number of hydrogen-bond acceptors (Lipinski definition) is 5. The van der Waals surface area contributed by atoms with Crippen LogP contribution in [0.1, 0.15) is 47.9 Å². The first-order valence-corrected chi connectivity index (χ1v) is 15.9. The summed E-state index contributed by atoms with van der Waals surface area (Å²) in [7, 11) is 0. The molecule has 6 rings (SSSR count). The van der Waals surface area contributed by atoms with Gasteiger partial charge in [-0.3, -0.25) is 14.4 Å². The van der Waals surface area contributed by atoms with E-state index in [0.717, 1.165) is 66.9 Å². The molecule has 4 heterocycles. The smallest absolute Gasteiger partial charge is 0.289 e. The van der Waals surface area contributed by atoms with Crippen LogP contribution in [0.3, 0.4) is 0 Å². The quantitative estimate of drug-likeness (QED) is 0.361. The molecule has 0 spiro atoms. The molecular formula is C34H41ClN4O4. The summed E-state index contributed by atoms with van der Waals surface area (Å²) in [6, 6.07) is 13.7. The molecule has 0 aliphatic carbocycles. The molecular weight excluding hydrogens is 564 g/mol. The van der Waals surface area contributed by atoms with Gasteiger partial charge in [-0.25, -0.2) is 0 Å². The molecule has 8 nitrogen and oxygen atoms in total. The number of para-hydroxylation sites is 1. The molecule has 228 valence electrons. The summed E-state index contributed by atoms with van der Waals surface area (Å²) < 4.78 is 5.96. The second-order valence-electron chi connectivity index (χ2n) is 12.6. The Kier molecular flexibility index (Phi) is 8.51. The number of likely N-dealkylation sites (tertiary alicyclic amines) is 3. The second kappa shape index (κ2) is 12.3. The van der Waals surface area contributed by atoms with Crippen LogP contribution in [0.25, 0.3) is 11.0 Å². The van der Waals surface area contributed by atoms with E-state index in [9.17, 15) is 14.4 Å². The van der Waals surface area contributed by atoms with Crippen molar-refractivity contribution >= 4 is 46.0 Å². The Morgan fingerprint density at radius 2 is 1.65 bits per heavy atom. The average Bonchev–Trinajstić information content (AvgIpc) is 3.68. The zero-order valence-electron chi connectivity index (χ0n) is 25.4. The minimum atomic E-state index is -0.0965. The van der Waals surface area contributed by atoms with Crippen molar-refractivity contribution in [3.05, 3.63) is 64.4 Å². The zero-order chi connectivity index (χ0) is 30.2. The van der Waals surface area contributed by atoms with E-state index in [1.54, 1.807) is 6.92 Å². The Bertz CT molecular complexity index is 1510. The van der Waals surface area contributed by atoms with E-state index >= 15 is 0 Å². The lowest BCUT2D eigenvalue weighted by atomic mass is 9.94. The van der Waals surface area contributed by atoms with Gasteiger partial charge in [-0.2, -0.15) is 0 Å². The number of anilines is 1. The molecule has 0 saturated carbocycles. The minimum Gasteiger partial charge on any atom is -0.451 e. The van der Waals surface area contributed by atoms with Crippen LogP contribution < -0.4 is 4.90 Å². The van der Waals surface area contributed by atoms with Crippen LogP contribution in [-0.4, -0.2) is 84.8 Å². The Labute approximate surface area is 258 Å². The van der Waals surface area contributed by atoms with Crippen LogP contribution in [-0.2, 0) is 9.59 Å². The van der Waals surface area contributed by atoms with Crippen molar-refractivity contribution in [2.45, 2.75) is 40.0 Å². The topological polar surface area (TPSA) is 77.3 Å². The van der Waals surface area contributed by atoms with E-state index < -0.39 is 0 Å². The number of halogens is 1. The largest absolute Gasteiger partial charge is 0.451 e. The fourth-order valence-corrected chi connectivity index (χ4v) is 7.37. The van der Waals surface area contributed by atoms with Gasteiger partial charge in [0.2, 0.25) is 11.8 Å². The molecule has 3 aliphatic rings. The SMILES string of the molecule is CC(=O)N1CCC(C(=O)N(CCCN2CC3CN(C(=O)c4oc5ccccc5c4C)CC3C2)c2ccc(C)c(Cl)c2)CC1. The monoisotopic (exact) mass is 604 g/mol. The van der Waals surface area contributed by atoms with Gasteiger partial charge in [0.25, 0.3) is 5.91 Å². The Balaban J connectivity index is 1.05. The predicted molar refractivity (Wildman–Crippen MR) is 168 cm³/mol. The van der Waals surface area contributed by atoms with E-state index in [1.807, 2.05) is 71.0 Å². The Morgan fingerprint density at radius 3 is 2.30 bits per heavy atom. The maximum absolute atomic E-state index is 13.8. The number of piperidine rings is 1. The zero-order valence-corrected chi connectivity index (χ0v) is 26.1. The van der Waals surface area contributed by atoms with Gasteiger partial charge >= 0.3 is 0 Å². The molecule has 9 heteroatoms. The first kappa shape index (κ1) is 29.7. The first-order chi connectivity index (χ1) is 20.7. The van der Waals surface area contributed by atoms with E-state index in [-0.39, 0.29) is 23.6 Å². The lowest BCUT2D eigenvalue weighted by molar-refractivity contribution is -0.133. The maximum atomic E-state index is 13.8. The first-order valence-electron chi connectivity index (χ1n) is 15.5. The van der Waals surface area contributed by atoms with Gasteiger partial charge in [0.15, 0.2) is 5.76 Å². The number of rotatable bonds is 7. The molecule has 2 unspecified atom stereocenters. The summed E-state index contributed by atoms with van der Waals surface area (Å²) in [6.45, 7) is 11.7. The van der Waals surface area contributed by atoms with Gasteiger partial charge in [0, 0.05) is 80.3 Å². The van der Waals surface area contributed by atoms with Gasteiger partial charge in [-0.15, -0.1) is 0 Å². The van der Waals surface area contributed by atoms with Crippen LogP contribution in [0.5, 0.6) is 0 Å². The molecule has 0 N–H and O–H groups in total. The van der Waals surface area contributed by atoms with Crippen molar-refractivity contribution < 1.29 is 18.8 Å². The third-order valence-corrected chi connectivity index (χ3v) is 10.2. The van der Waals surface area contributed by atoms with Crippen LogP contribution in [0, 0.1) is 31.6 Å². The normalized spacial score (nSPS) is 21.0. The molecule has 3 saturated heterocycles. The van der Waals surface area contributed by atoms with Gasteiger partial charge in [-0.1, -0.05) is 35.9 Å². The predicted octanol–water partition coefficient (Wildman–Crippen LogP) is 5.39. The number of carbonyl (C=O) groups excluding carboxylic acids is 3. The van der Waals surface area contributed by atoms with E-state index in [0.29, 0.717) is 55.1 Å². The third kappa shape index (κ3) is 6.04. The van der Waals surface area contributed by atoms with Crippen LogP contribution in [0.4, 0.5) is 5.69 Å². The lowest BCUT2D eigenvalue weighted by Gasteiger charge is -2.34. The number of amides is 3. The Hall–Kier alpha value is -3.36. The van der Waals surface area contributed by atoms with Gasteiger partial charge < -0.3 is 24.0 Å². The molecule has 2 aromatic carbocycles. The van der Waals surface area contributed by atoms with Crippen molar-refractivity contribution in [2.24, 2.45) is 17.8 Å². The van der Waals surface area contributed by atoms with Crippen LogP contribution >= 0.6 is 11.6 Å². The molecule has 3 fully saturated rings. The van der Waals surface area contributed by atoms with Crippen LogP contribution in [0.2, 0.25) is 5.02 Å². The summed E-state index contributed by atoms with van der Waals surface area (Å²) in [5, 5.41) is 1.66. The highest BCUT2D eigenvalue weighted by Gasteiger charge is 2.42. The summed E-state index contributed by atoms with van der Waals surface area (Å²) in [6.07, 6.45) is 2.23. The summed E-state index contributed by atoms with van der Waals surface area (Å²) in [4.78, 5) is 47.1. The summed E-state index contributed by atoms with van der Waals surface area (Å²) in [5.41, 5.74) is 3.50. The fourth-order valence-electron chi connectivity index (χ4n) is 7.19. The maximum Gasteiger partial charge on any atom is 0.289 e. The number of carbonyl (C=O) groups is 3. The summed E-state index contributed by atoms with van der Waals surface area (Å²) >= 11 is 6.47. The standard InChI is InChI=1S/C34H41ClN4O4/c1-22-9-10-28(17-30(22)35)39(33(41)25-11-15-37(16-12-25)24(3)40)14-6-13-36-18-26-20-38(21-27(26)19-36)34(42)32-23(2)29-7-4-5-8-31(29)43-32/h4-5,7-10,17,25-27H,6,11-16,18-21H2,1-3H3. The second-order valence-corrected chi connectivity index (χ2v) is 13.0. The van der Waals surface area contributed by atoms with Crippen LogP contribution in [0.15, 0.2) is 46.9 Å². The van der Waals surface area contributed by atoms with Gasteiger partial charge in [0.05, 0.1) is 0 Å². The van der Waals surface area contributed by atoms with Crippen molar-refractivity contribution in [2.75, 3.05) is 57.3 Å². The molecule has 0 radical (unpaired) electrons. The Morgan fingerprint density at radius 1 is 0.953 bits per heavy atom. The molecule has 0 bridgehead atoms. The molecule has 3 aromatic rings. The molecule has 43 heavy (non-hydrogen) atoms. The number of furan rings is 1. The molecule has 1 aromatic heterocycles. The number of fused-ring (bicyclic) bond motifs is 2. The third-order valence-electron chi connectivity index (χ3n) is 9.77. The molecule has 2 atom stereocenters. The van der Waals surface area contributed by atoms with Crippen molar-refractivity contribution in [3.63, 3.8) is 0 Å². The highest BCUT2D eigenvalue weighted by Crippen LogP contribution is 2.34. The van der Waals surface area contributed by atoms with E-state index in [4.69, 9.17) is 16.0 Å². The van der Waals surface area contributed by atoms with E-state index in [2.05, 4.69) is 4.90 Å². The highest BCUT2D eigenvalue weighted by molar-refractivity contribution is 6.31. The van der Waals surface area contributed by atoms with Gasteiger partial charge in [-0.05, 0) is 75.3 Å². The molecule has 3 amide bonds. The fraction of sp³-hybridized carbons (Fsp3) is 0.500. The number of nitrogens with zero attached hydrogens (tertiary/aromatic N) is 4. The van der Waals surface area contributed by atoms with Crippen molar-refractivity contribution in [1.29, 1.82) is 0 Å². The molecule has 3 aliphatic heterocycles. The highest BCUT2D eigenvalue weighted by atomic mass is 35.5. The number of aryl methyl sites for hydroxylation is 2. The average molecular weight is 605 g/mol. The minimum absolute atomic E-state index is 0.00491. The van der Waals surface area contributed by atoms with Crippen molar-refractivity contribution in [1.82, 2.24) is 14.7 Å².